The van der Waals surface area contributed by atoms with Crippen LogP contribution >= 0.6 is 11.3 Å². The molecule has 3 heterocycles. The zero-order chi connectivity index (χ0) is 18.6. The van der Waals surface area contributed by atoms with Crippen LogP contribution in [0.5, 0.6) is 0 Å². The van der Waals surface area contributed by atoms with Crippen LogP contribution in [-0.2, 0) is 17.6 Å². The first-order valence-corrected chi connectivity index (χ1v) is 9.33. The Hall–Kier alpha value is -3.13. The van der Waals surface area contributed by atoms with Crippen molar-refractivity contribution in [2.45, 2.75) is 12.8 Å². The average Bonchev–Trinajstić information content (AvgIpc) is 3.29. The first kappa shape index (κ1) is 17.3. The maximum Gasteiger partial charge on any atom is 0.226 e. The van der Waals surface area contributed by atoms with E-state index in [1.54, 1.807) is 12.1 Å². The molecular formula is C19H16FN5OS. The minimum absolute atomic E-state index is 0.111. The third-order valence-electron chi connectivity index (χ3n) is 4.02. The van der Waals surface area contributed by atoms with Gasteiger partial charge in [0.05, 0.1) is 12.1 Å². The van der Waals surface area contributed by atoms with Crippen LogP contribution in [0.3, 0.4) is 0 Å². The van der Waals surface area contributed by atoms with E-state index in [0.717, 1.165) is 11.5 Å². The summed E-state index contributed by atoms with van der Waals surface area (Å²) in [5, 5.41) is 13.6. The number of rotatable bonds is 6. The Morgan fingerprint density at radius 2 is 2.11 bits per heavy atom. The number of nitrogens with zero attached hydrogens (tertiary/aromatic N) is 4. The molecule has 1 aromatic carbocycles. The number of halogens is 1. The van der Waals surface area contributed by atoms with Gasteiger partial charge in [-0.05, 0) is 24.3 Å². The number of thiazole rings is 1. The van der Waals surface area contributed by atoms with Gasteiger partial charge >= 0.3 is 0 Å². The van der Waals surface area contributed by atoms with Gasteiger partial charge in [-0.3, -0.25) is 9.20 Å². The molecule has 136 valence electrons. The van der Waals surface area contributed by atoms with Crippen LogP contribution in [0.4, 0.5) is 4.39 Å². The summed E-state index contributed by atoms with van der Waals surface area (Å²) in [6.07, 6.45) is 2.67. The number of fused-ring (bicyclic) bond motifs is 1. The van der Waals surface area contributed by atoms with E-state index in [4.69, 9.17) is 0 Å². The molecule has 0 unspecified atom stereocenters. The highest BCUT2D eigenvalue weighted by molar-refractivity contribution is 7.13. The fourth-order valence-electron chi connectivity index (χ4n) is 2.74. The zero-order valence-electron chi connectivity index (χ0n) is 14.3. The second-order valence-corrected chi connectivity index (χ2v) is 6.83. The molecule has 0 radical (unpaired) electrons. The summed E-state index contributed by atoms with van der Waals surface area (Å²) in [6.45, 7) is 0.468. The normalized spacial score (nSPS) is 11.0. The van der Waals surface area contributed by atoms with Crippen molar-refractivity contribution in [3.63, 3.8) is 0 Å². The van der Waals surface area contributed by atoms with E-state index >= 15 is 0 Å². The van der Waals surface area contributed by atoms with E-state index in [9.17, 15) is 9.18 Å². The van der Waals surface area contributed by atoms with Gasteiger partial charge in [0.25, 0.3) is 0 Å². The molecule has 27 heavy (non-hydrogen) atoms. The number of nitrogens with one attached hydrogen (secondary N) is 1. The first-order chi connectivity index (χ1) is 13.2. The standard InChI is InChI=1S/C19H16FN5OS/c20-14-5-3-4-13(10-14)19-22-15(12-27-19)11-18(26)21-8-7-17-24-23-16-6-1-2-9-25(16)17/h1-6,9-10,12H,7-8,11H2,(H,21,26). The van der Waals surface area contributed by atoms with Crippen molar-refractivity contribution in [1.82, 2.24) is 24.9 Å². The number of amides is 1. The van der Waals surface area contributed by atoms with Gasteiger partial charge in [0.2, 0.25) is 5.91 Å². The fraction of sp³-hybridized carbons (Fsp3) is 0.158. The van der Waals surface area contributed by atoms with Crippen LogP contribution < -0.4 is 5.32 Å². The molecule has 0 spiro atoms. The predicted molar refractivity (Wildman–Crippen MR) is 101 cm³/mol. The minimum atomic E-state index is -0.303. The van der Waals surface area contributed by atoms with Gasteiger partial charge in [-0.2, -0.15) is 0 Å². The van der Waals surface area contributed by atoms with Gasteiger partial charge in [0, 0.05) is 30.1 Å². The second kappa shape index (κ2) is 7.63. The van der Waals surface area contributed by atoms with E-state index in [1.165, 1.54) is 23.5 Å². The molecule has 1 N–H and O–H groups in total. The third kappa shape index (κ3) is 4.01. The van der Waals surface area contributed by atoms with Crippen LogP contribution in [0, 0.1) is 5.82 Å². The number of benzene rings is 1. The number of carbonyl (C=O) groups is 1. The second-order valence-electron chi connectivity index (χ2n) is 5.98. The molecule has 0 aliphatic rings. The van der Waals surface area contributed by atoms with Crippen molar-refractivity contribution in [2.24, 2.45) is 0 Å². The number of hydrogen-bond acceptors (Lipinski definition) is 5. The summed E-state index contributed by atoms with van der Waals surface area (Å²) in [5.41, 5.74) is 2.17. The summed E-state index contributed by atoms with van der Waals surface area (Å²) in [6, 6.07) is 12.0. The van der Waals surface area contributed by atoms with Crippen molar-refractivity contribution in [2.75, 3.05) is 6.54 Å². The molecule has 0 aliphatic carbocycles. The maximum atomic E-state index is 13.3. The highest BCUT2D eigenvalue weighted by atomic mass is 32.1. The van der Waals surface area contributed by atoms with Gasteiger partial charge in [-0.15, -0.1) is 21.5 Å². The van der Waals surface area contributed by atoms with E-state index in [1.807, 2.05) is 34.2 Å². The molecule has 0 bridgehead atoms. The van der Waals surface area contributed by atoms with E-state index in [0.29, 0.717) is 29.2 Å². The largest absolute Gasteiger partial charge is 0.355 e. The van der Waals surface area contributed by atoms with Gasteiger partial charge in [0.15, 0.2) is 5.65 Å². The van der Waals surface area contributed by atoms with Crippen LogP contribution in [0.15, 0.2) is 54.0 Å². The summed E-state index contributed by atoms with van der Waals surface area (Å²) in [4.78, 5) is 16.6. The molecule has 0 saturated carbocycles. The Morgan fingerprint density at radius 1 is 1.19 bits per heavy atom. The first-order valence-electron chi connectivity index (χ1n) is 8.45. The lowest BCUT2D eigenvalue weighted by Crippen LogP contribution is -2.27. The fourth-order valence-corrected chi connectivity index (χ4v) is 3.56. The van der Waals surface area contributed by atoms with Crippen LogP contribution in [0.25, 0.3) is 16.2 Å². The summed E-state index contributed by atoms with van der Waals surface area (Å²) >= 11 is 1.40. The zero-order valence-corrected chi connectivity index (χ0v) is 15.1. The highest BCUT2D eigenvalue weighted by Crippen LogP contribution is 2.24. The van der Waals surface area contributed by atoms with Crippen molar-refractivity contribution in [3.8, 4) is 10.6 Å². The quantitative estimate of drug-likeness (QED) is 0.557. The summed E-state index contributed by atoms with van der Waals surface area (Å²) in [5.74, 6) is 0.385. The number of pyridine rings is 1. The minimum Gasteiger partial charge on any atom is -0.355 e. The number of aromatic nitrogens is 4. The topological polar surface area (TPSA) is 72.2 Å². The number of carbonyl (C=O) groups excluding carboxylic acids is 1. The van der Waals surface area contributed by atoms with Crippen LogP contribution in [0.2, 0.25) is 0 Å². The lowest BCUT2D eigenvalue weighted by molar-refractivity contribution is -0.120. The Balaban J connectivity index is 1.32. The molecule has 4 rings (SSSR count). The molecular weight excluding hydrogens is 365 g/mol. The summed E-state index contributed by atoms with van der Waals surface area (Å²) < 4.78 is 15.2. The molecule has 0 saturated heterocycles. The highest BCUT2D eigenvalue weighted by Gasteiger charge is 2.10. The molecule has 0 fully saturated rings. The van der Waals surface area contributed by atoms with Crippen molar-refractivity contribution < 1.29 is 9.18 Å². The van der Waals surface area contributed by atoms with Crippen molar-refractivity contribution in [3.05, 3.63) is 71.4 Å². The predicted octanol–water partition coefficient (Wildman–Crippen LogP) is 2.89. The maximum absolute atomic E-state index is 13.3. The molecule has 1 amide bonds. The lowest BCUT2D eigenvalue weighted by atomic mass is 10.2. The van der Waals surface area contributed by atoms with E-state index in [2.05, 4.69) is 20.5 Å². The molecule has 8 heteroatoms. The van der Waals surface area contributed by atoms with Gasteiger partial charge in [-0.1, -0.05) is 18.2 Å². The van der Waals surface area contributed by atoms with Crippen LogP contribution in [-0.4, -0.2) is 32.0 Å². The Morgan fingerprint density at radius 3 is 3.00 bits per heavy atom. The van der Waals surface area contributed by atoms with E-state index < -0.39 is 0 Å². The Kier molecular flexibility index (Phi) is 4.88. The monoisotopic (exact) mass is 381 g/mol. The van der Waals surface area contributed by atoms with Gasteiger partial charge in [-0.25, -0.2) is 9.37 Å². The molecule has 3 aromatic heterocycles. The molecule has 0 atom stereocenters. The van der Waals surface area contributed by atoms with Crippen molar-refractivity contribution in [1.29, 1.82) is 0 Å². The molecule has 4 aromatic rings. The van der Waals surface area contributed by atoms with Gasteiger partial charge in [0.1, 0.15) is 16.6 Å². The summed E-state index contributed by atoms with van der Waals surface area (Å²) in [7, 11) is 0. The Bertz CT molecular complexity index is 1090. The SMILES string of the molecule is O=C(Cc1csc(-c2cccc(F)c2)n1)NCCc1nnc2ccccn12. The van der Waals surface area contributed by atoms with Crippen molar-refractivity contribution >= 4 is 22.9 Å². The third-order valence-corrected chi connectivity index (χ3v) is 4.96. The molecule has 0 aliphatic heterocycles. The Labute approximate surface area is 158 Å². The molecule has 6 nitrogen and oxygen atoms in total. The van der Waals surface area contributed by atoms with Crippen LogP contribution in [0.1, 0.15) is 11.5 Å². The number of hydrogen-bond donors (Lipinski definition) is 1. The smallest absolute Gasteiger partial charge is 0.226 e. The average molecular weight is 381 g/mol. The van der Waals surface area contributed by atoms with Gasteiger partial charge < -0.3 is 5.32 Å². The lowest BCUT2D eigenvalue weighted by Gasteiger charge is -2.03. The van der Waals surface area contributed by atoms with E-state index in [-0.39, 0.29) is 18.1 Å².